The number of nitrogens with zero attached hydrogens (tertiary/aromatic N) is 2. The first-order chi connectivity index (χ1) is 12.5. The van der Waals surface area contributed by atoms with Gasteiger partial charge in [0.15, 0.2) is 0 Å². The molecule has 0 radical (unpaired) electrons. The van der Waals surface area contributed by atoms with Crippen molar-refractivity contribution < 1.29 is 9.47 Å². The molecule has 1 heterocycles. The molecule has 0 fully saturated rings. The van der Waals surface area contributed by atoms with Gasteiger partial charge in [-0.05, 0) is 62.6 Å². The fourth-order valence-corrected chi connectivity index (χ4v) is 3.11. The van der Waals surface area contributed by atoms with Crippen molar-refractivity contribution in [3.63, 3.8) is 0 Å². The zero-order valence-corrected chi connectivity index (χ0v) is 16.2. The molecular formula is C22H26N2O2. The van der Waals surface area contributed by atoms with Gasteiger partial charge in [0.05, 0.1) is 12.3 Å². The van der Waals surface area contributed by atoms with Crippen molar-refractivity contribution in [2.75, 3.05) is 6.61 Å². The Labute approximate surface area is 155 Å². The van der Waals surface area contributed by atoms with Crippen LogP contribution in [0.4, 0.5) is 0 Å². The maximum absolute atomic E-state index is 6.04. The second-order valence-corrected chi connectivity index (χ2v) is 6.53. The van der Waals surface area contributed by atoms with Crippen LogP contribution in [0.25, 0.3) is 11.3 Å². The second kappa shape index (κ2) is 7.65. The Bertz CT molecular complexity index is 913. The Morgan fingerprint density at radius 3 is 2.42 bits per heavy atom. The third-order valence-electron chi connectivity index (χ3n) is 4.59. The van der Waals surface area contributed by atoms with Crippen molar-refractivity contribution in [3.05, 3.63) is 64.7 Å². The molecule has 0 bridgehead atoms. The zero-order valence-electron chi connectivity index (χ0n) is 16.2. The summed E-state index contributed by atoms with van der Waals surface area (Å²) in [5, 5.41) is 4.63. The van der Waals surface area contributed by atoms with E-state index in [1.807, 2.05) is 39.1 Å². The van der Waals surface area contributed by atoms with Gasteiger partial charge < -0.3 is 9.47 Å². The van der Waals surface area contributed by atoms with E-state index in [9.17, 15) is 0 Å². The number of ether oxygens (including phenoxy) is 2. The van der Waals surface area contributed by atoms with Crippen LogP contribution in [0.5, 0.6) is 11.6 Å². The predicted molar refractivity (Wildman–Crippen MR) is 105 cm³/mol. The maximum atomic E-state index is 6.04. The number of hydrogen-bond donors (Lipinski definition) is 0. The van der Waals surface area contributed by atoms with Gasteiger partial charge in [0.1, 0.15) is 12.4 Å². The van der Waals surface area contributed by atoms with Gasteiger partial charge in [0.25, 0.3) is 0 Å². The van der Waals surface area contributed by atoms with Gasteiger partial charge in [-0.3, -0.25) is 0 Å². The first-order valence-corrected chi connectivity index (χ1v) is 8.96. The van der Waals surface area contributed by atoms with Crippen LogP contribution in [0.15, 0.2) is 42.5 Å². The Balaban J connectivity index is 1.82. The van der Waals surface area contributed by atoms with E-state index in [1.165, 1.54) is 11.1 Å². The highest BCUT2D eigenvalue weighted by molar-refractivity contribution is 5.67. The second-order valence-electron chi connectivity index (χ2n) is 6.53. The summed E-state index contributed by atoms with van der Waals surface area (Å²) < 4.78 is 13.5. The molecule has 136 valence electrons. The van der Waals surface area contributed by atoms with Crippen LogP contribution in [-0.2, 0) is 13.7 Å². The van der Waals surface area contributed by atoms with E-state index in [4.69, 9.17) is 9.47 Å². The van der Waals surface area contributed by atoms with E-state index >= 15 is 0 Å². The first kappa shape index (κ1) is 18.1. The van der Waals surface area contributed by atoms with Crippen LogP contribution >= 0.6 is 0 Å². The molecule has 3 rings (SSSR count). The molecule has 0 saturated carbocycles. The highest BCUT2D eigenvalue weighted by atomic mass is 16.5. The minimum atomic E-state index is 0.573. The SMILES string of the molecule is CCOc1c(C)c(-c2ccc(OCc3ccccc3C)c(C)c2)nn1C. The maximum Gasteiger partial charge on any atom is 0.215 e. The molecule has 0 N–H and O–H groups in total. The fraction of sp³-hybridized carbons (Fsp3) is 0.318. The van der Waals surface area contributed by atoms with Gasteiger partial charge in [-0.2, -0.15) is 5.10 Å². The average Bonchev–Trinajstić information content (AvgIpc) is 2.90. The number of rotatable bonds is 6. The minimum absolute atomic E-state index is 0.573. The van der Waals surface area contributed by atoms with Gasteiger partial charge >= 0.3 is 0 Å². The van der Waals surface area contributed by atoms with Crippen molar-refractivity contribution in [2.45, 2.75) is 34.3 Å². The van der Waals surface area contributed by atoms with Crippen molar-refractivity contribution in [1.82, 2.24) is 9.78 Å². The lowest BCUT2D eigenvalue weighted by molar-refractivity contribution is 0.303. The summed E-state index contributed by atoms with van der Waals surface area (Å²) in [4.78, 5) is 0. The normalized spacial score (nSPS) is 10.8. The molecule has 1 aromatic heterocycles. The molecule has 3 aromatic rings. The van der Waals surface area contributed by atoms with Gasteiger partial charge in [-0.15, -0.1) is 0 Å². The minimum Gasteiger partial charge on any atom is -0.489 e. The summed E-state index contributed by atoms with van der Waals surface area (Å²) in [5.74, 6) is 1.72. The van der Waals surface area contributed by atoms with Gasteiger partial charge in [-0.25, -0.2) is 4.68 Å². The zero-order chi connectivity index (χ0) is 18.7. The molecule has 0 unspecified atom stereocenters. The Hall–Kier alpha value is -2.75. The highest BCUT2D eigenvalue weighted by Crippen LogP contribution is 2.32. The van der Waals surface area contributed by atoms with Crippen molar-refractivity contribution in [3.8, 4) is 22.9 Å². The van der Waals surface area contributed by atoms with Gasteiger partial charge in [0, 0.05) is 18.2 Å². The highest BCUT2D eigenvalue weighted by Gasteiger charge is 2.15. The quantitative estimate of drug-likeness (QED) is 0.628. The number of hydrogen-bond acceptors (Lipinski definition) is 3. The topological polar surface area (TPSA) is 36.3 Å². The van der Waals surface area contributed by atoms with Gasteiger partial charge in [0.2, 0.25) is 5.88 Å². The lowest BCUT2D eigenvalue weighted by Crippen LogP contribution is -1.99. The van der Waals surface area contributed by atoms with Crippen molar-refractivity contribution in [1.29, 1.82) is 0 Å². The largest absolute Gasteiger partial charge is 0.489 e. The molecule has 0 saturated heterocycles. The number of benzene rings is 2. The average molecular weight is 350 g/mol. The number of aromatic nitrogens is 2. The van der Waals surface area contributed by atoms with E-state index in [0.29, 0.717) is 13.2 Å². The van der Waals surface area contributed by atoms with Crippen LogP contribution in [0, 0.1) is 20.8 Å². The smallest absolute Gasteiger partial charge is 0.215 e. The standard InChI is InChI=1S/C22H26N2O2/c1-6-25-22-17(4)21(23-24(22)5)18-11-12-20(16(3)13-18)26-14-19-10-8-7-9-15(19)2/h7-13H,6,14H2,1-5H3. The molecule has 2 aromatic carbocycles. The van der Waals surface area contributed by atoms with E-state index in [1.54, 1.807) is 4.68 Å². The fourth-order valence-electron chi connectivity index (χ4n) is 3.11. The van der Waals surface area contributed by atoms with E-state index in [0.717, 1.165) is 34.0 Å². The molecule has 0 aliphatic rings. The number of aryl methyl sites for hydroxylation is 3. The van der Waals surface area contributed by atoms with Crippen LogP contribution in [0.2, 0.25) is 0 Å². The van der Waals surface area contributed by atoms with Crippen molar-refractivity contribution >= 4 is 0 Å². The van der Waals surface area contributed by atoms with Crippen molar-refractivity contribution in [2.24, 2.45) is 7.05 Å². The molecule has 0 spiro atoms. The van der Waals surface area contributed by atoms with E-state index in [2.05, 4.69) is 43.2 Å². The van der Waals surface area contributed by atoms with Crippen LogP contribution in [-0.4, -0.2) is 16.4 Å². The van der Waals surface area contributed by atoms with E-state index in [-0.39, 0.29) is 0 Å². The van der Waals surface area contributed by atoms with Gasteiger partial charge in [-0.1, -0.05) is 24.3 Å². The molecule has 0 aliphatic heterocycles. The molecule has 0 amide bonds. The summed E-state index contributed by atoms with van der Waals surface area (Å²) in [6.07, 6.45) is 0. The lowest BCUT2D eigenvalue weighted by atomic mass is 10.1. The lowest BCUT2D eigenvalue weighted by Gasteiger charge is -2.12. The van der Waals surface area contributed by atoms with E-state index < -0.39 is 0 Å². The summed E-state index contributed by atoms with van der Waals surface area (Å²) in [7, 11) is 1.91. The molecule has 0 aliphatic carbocycles. The predicted octanol–water partition coefficient (Wildman–Crippen LogP) is 4.99. The molecule has 0 atom stereocenters. The molecule has 26 heavy (non-hydrogen) atoms. The Morgan fingerprint density at radius 2 is 1.73 bits per heavy atom. The Kier molecular flexibility index (Phi) is 5.31. The van der Waals surface area contributed by atoms with Crippen LogP contribution < -0.4 is 9.47 Å². The third-order valence-corrected chi connectivity index (χ3v) is 4.59. The molecule has 4 heteroatoms. The summed E-state index contributed by atoms with van der Waals surface area (Å²) >= 11 is 0. The summed E-state index contributed by atoms with van der Waals surface area (Å²) in [6.45, 7) is 9.41. The Morgan fingerprint density at radius 1 is 0.962 bits per heavy atom. The summed E-state index contributed by atoms with van der Waals surface area (Å²) in [6, 6.07) is 14.5. The third kappa shape index (κ3) is 3.59. The van der Waals surface area contributed by atoms with Crippen LogP contribution in [0.3, 0.4) is 0 Å². The summed E-state index contributed by atoms with van der Waals surface area (Å²) in [5.41, 5.74) is 6.63. The molecular weight excluding hydrogens is 324 g/mol. The molecule has 4 nitrogen and oxygen atoms in total. The first-order valence-electron chi connectivity index (χ1n) is 8.96. The monoisotopic (exact) mass is 350 g/mol. The van der Waals surface area contributed by atoms with Crippen LogP contribution in [0.1, 0.15) is 29.2 Å².